The van der Waals surface area contributed by atoms with Crippen molar-refractivity contribution in [3.8, 4) is 16.2 Å². The van der Waals surface area contributed by atoms with E-state index in [2.05, 4.69) is 48.7 Å². The predicted molar refractivity (Wildman–Crippen MR) is 304 cm³/mol. The van der Waals surface area contributed by atoms with Gasteiger partial charge in [0.25, 0.3) is 5.91 Å². The van der Waals surface area contributed by atoms with Crippen LogP contribution < -0.4 is 35.8 Å². The maximum atomic E-state index is 14.1. The fraction of sp³-hybridized carbons (Fsp3) is 0.448. The lowest BCUT2D eigenvalue weighted by molar-refractivity contribution is -0.144. The van der Waals surface area contributed by atoms with Gasteiger partial charge in [-0.3, -0.25) is 33.8 Å². The first kappa shape index (κ1) is 56.0. The van der Waals surface area contributed by atoms with Crippen molar-refractivity contribution in [2.75, 3.05) is 73.4 Å². The number of thiazole rings is 1. The monoisotopic (exact) mass is 1070 g/mol. The number of likely N-dealkylation sites (tertiary alicyclic amines) is 1. The van der Waals surface area contributed by atoms with Crippen molar-refractivity contribution in [1.29, 1.82) is 0 Å². The molecule has 77 heavy (non-hydrogen) atoms. The van der Waals surface area contributed by atoms with Crippen LogP contribution in [0, 0.1) is 18.3 Å². The summed E-state index contributed by atoms with van der Waals surface area (Å²) in [6.07, 6.45) is 7.13. The van der Waals surface area contributed by atoms with Gasteiger partial charge in [-0.2, -0.15) is 4.99 Å². The van der Waals surface area contributed by atoms with Gasteiger partial charge in [0.15, 0.2) is 0 Å². The Morgan fingerprint density at radius 1 is 0.948 bits per heavy atom. The van der Waals surface area contributed by atoms with Gasteiger partial charge in [-0.1, -0.05) is 82.5 Å². The Bertz CT molecular complexity index is 2900. The summed E-state index contributed by atoms with van der Waals surface area (Å²) in [6, 6.07) is 19.4. The van der Waals surface area contributed by atoms with E-state index in [-0.39, 0.29) is 55.0 Å². The highest BCUT2D eigenvalue weighted by atomic mass is 32.1. The number of benzene rings is 3. The molecule has 5 heterocycles. The minimum absolute atomic E-state index is 0.0280. The number of piperazine rings is 1. The molecule has 0 aliphatic carbocycles. The van der Waals surface area contributed by atoms with Crippen LogP contribution in [0.5, 0.6) is 5.75 Å². The zero-order valence-electron chi connectivity index (χ0n) is 45.1. The smallest absolute Gasteiger partial charge is 0.256 e. The van der Waals surface area contributed by atoms with Crippen LogP contribution in [0.15, 0.2) is 107 Å². The minimum atomic E-state index is -0.859. The number of nitrogens with one attached hydrogen (secondary N) is 4. The summed E-state index contributed by atoms with van der Waals surface area (Å²) in [5.41, 5.74) is 7.88. The van der Waals surface area contributed by atoms with Crippen LogP contribution >= 0.6 is 11.3 Å². The van der Waals surface area contributed by atoms with Gasteiger partial charge in [0.05, 0.1) is 53.1 Å². The third-order valence-corrected chi connectivity index (χ3v) is 15.6. The molecule has 19 heteroatoms. The first-order chi connectivity index (χ1) is 37.0. The van der Waals surface area contributed by atoms with Crippen molar-refractivity contribution in [1.82, 2.24) is 25.4 Å². The quantitative estimate of drug-likeness (QED) is 0.0437. The number of unbranched alkanes of at least 4 members (excludes halogenated alkanes) is 4. The van der Waals surface area contributed by atoms with Gasteiger partial charge < -0.3 is 40.9 Å². The first-order valence-corrected chi connectivity index (χ1v) is 27.5. The number of aromatic nitrogens is 1. The van der Waals surface area contributed by atoms with Crippen molar-refractivity contribution in [3.05, 3.63) is 108 Å². The lowest BCUT2D eigenvalue weighted by atomic mass is 9.85. The number of guanidine groups is 1. The topological polar surface area (TPSA) is 213 Å². The van der Waals surface area contributed by atoms with Crippen molar-refractivity contribution < 1.29 is 33.8 Å². The van der Waals surface area contributed by atoms with Crippen LogP contribution in [-0.2, 0) is 30.5 Å². The van der Waals surface area contributed by atoms with Crippen LogP contribution in [0.4, 0.5) is 22.7 Å². The van der Waals surface area contributed by atoms with E-state index < -0.39 is 23.6 Å². The fourth-order valence-electron chi connectivity index (χ4n) is 10.2. The lowest BCUT2D eigenvalue weighted by Crippen LogP contribution is -2.57. The second kappa shape index (κ2) is 25.3. The molecule has 4 aliphatic heterocycles. The average Bonchev–Trinajstić information content (AvgIpc) is 4.05. The highest BCUT2D eigenvalue weighted by Crippen LogP contribution is 2.34. The number of amidine groups is 1. The summed E-state index contributed by atoms with van der Waals surface area (Å²) in [7, 11) is 1.64. The number of fused-ring (bicyclic) bond motifs is 1. The number of ether oxygens (including phenoxy) is 1. The molecule has 0 saturated carbocycles. The predicted octanol–water partition coefficient (Wildman–Crippen LogP) is 7.31. The fourth-order valence-corrected chi connectivity index (χ4v) is 11.1. The molecule has 408 valence electrons. The van der Waals surface area contributed by atoms with Gasteiger partial charge in [0, 0.05) is 75.6 Å². The van der Waals surface area contributed by atoms with Crippen LogP contribution in [0.1, 0.15) is 83.9 Å². The number of amides is 5. The number of aliphatic hydroxyl groups is 1. The number of nitrogens with zero attached hydrogens (tertiary/aromatic N) is 7. The summed E-state index contributed by atoms with van der Waals surface area (Å²) < 4.78 is 5.86. The number of hydrogen-bond donors (Lipinski definition) is 5. The molecular weight excluding hydrogens is 995 g/mol. The Labute approximate surface area is 455 Å². The van der Waals surface area contributed by atoms with Gasteiger partial charge in [0.2, 0.25) is 29.6 Å². The van der Waals surface area contributed by atoms with Gasteiger partial charge in [-0.25, -0.2) is 9.98 Å². The molecule has 3 aromatic carbocycles. The third-order valence-electron chi connectivity index (χ3n) is 14.6. The summed E-state index contributed by atoms with van der Waals surface area (Å²) >= 11 is 1.58. The molecule has 0 spiro atoms. The Morgan fingerprint density at radius 2 is 1.70 bits per heavy atom. The summed E-state index contributed by atoms with van der Waals surface area (Å²) in [6.45, 7) is 18.4. The molecule has 5 N–H and O–H groups in total. The molecule has 4 aliphatic rings. The maximum Gasteiger partial charge on any atom is 0.256 e. The summed E-state index contributed by atoms with van der Waals surface area (Å²) in [5.74, 6) is -0.113. The molecule has 2 fully saturated rings. The number of rotatable bonds is 20. The van der Waals surface area contributed by atoms with E-state index >= 15 is 0 Å². The molecule has 18 nitrogen and oxygen atoms in total. The number of carbonyl (C=O) groups excluding carboxylic acids is 5. The zero-order chi connectivity index (χ0) is 54.8. The van der Waals surface area contributed by atoms with E-state index in [1.54, 1.807) is 53.7 Å². The number of aliphatic hydroxyl groups excluding tert-OH is 1. The van der Waals surface area contributed by atoms with Crippen molar-refractivity contribution in [3.63, 3.8) is 0 Å². The van der Waals surface area contributed by atoms with Gasteiger partial charge in [0.1, 0.15) is 23.7 Å². The first-order valence-electron chi connectivity index (χ1n) is 26.7. The van der Waals surface area contributed by atoms with Gasteiger partial charge in [-0.05, 0) is 86.2 Å². The van der Waals surface area contributed by atoms with Crippen LogP contribution in [0.2, 0.25) is 0 Å². The maximum absolute atomic E-state index is 14.1. The number of β-amino-alcohol motifs (C(OH)–C–C–N with tert-alkyl or cyclic N) is 1. The van der Waals surface area contributed by atoms with Crippen LogP contribution in [0.25, 0.3) is 10.4 Å². The molecule has 4 atom stereocenters. The second-order valence-corrected chi connectivity index (χ2v) is 22.1. The number of carbonyl (C=O) groups is 5. The minimum Gasteiger partial charge on any atom is -0.494 e. The van der Waals surface area contributed by atoms with E-state index in [0.717, 1.165) is 91.4 Å². The molecule has 8 rings (SSSR count). The Hall–Kier alpha value is -7.22. The normalized spacial score (nSPS) is 19.1. The number of aryl methyl sites for hydroxylation is 1. The van der Waals surface area contributed by atoms with E-state index in [4.69, 9.17) is 14.7 Å². The standard InChI is InChI=1S/C58H73N11O7S/c1-8-49(71)62-41-15-14-16-43(30-41)69-51(73)29-37(2)45-34-60-57(65-54(45)69)63-46-23-22-42(31-48(46)76-7)67-27-25-66(26-28-67)24-13-11-9-10-12-17-50(72)64-53(58(4,5)6)56(75)68-35-44(70)32-47(68)55(74)59-33-39-18-20-40(21-19-39)52-38(3)61-36-77-52/h8,14-16,18-23,29-31,36,44-45,47,53,70H,1,9-13,17,24-28,32-35H2,2-7H3,(H,59,74)(H,60,63)(H,62,71)(H,64,72). The van der Waals surface area contributed by atoms with E-state index in [9.17, 15) is 29.1 Å². The zero-order valence-corrected chi connectivity index (χ0v) is 46.0. The Balaban J connectivity index is 0.746. The van der Waals surface area contributed by atoms with Crippen molar-refractivity contribution >= 4 is 75.4 Å². The van der Waals surface area contributed by atoms with Crippen molar-refractivity contribution in [2.24, 2.45) is 21.3 Å². The molecule has 1 aromatic heterocycles. The molecule has 5 amide bonds. The number of hydrogen-bond acceptors (Lipinski definition) is 14. The summed E-state index contributed by atoms with van der Waals surface area (Å²) in [4.78, 5) is 89.3. The van der Waals surface area contributed by atoms with Gasteiger partial charge >= 0.3 is 0 Å². The van der Waals surface area contributed by atoms with Gasteiger partial charge in [-0.15, -0.1) is 11.3 Å². The second-order valence-electron chi connectivity index (χ2n) is 21.3. The number of methoxy groups -OCH3 is 1. The van der Waals surface area contributed by atoms with E-state index in [1.165, 1.54) is 11.0 Å². The van der Waals surface area contributed by atoms with Crippen LogP contribution in [-0.4, -0.2) is 132 Å². The molecule has 0 bridgehead atoms. The lowest BCUT2D eigenvalue weighted by Gasteiger charge is -2.36. The highest BCUT2D eigenvalue weighted by Gasteiger charge is 2.44. The third kappa shape index (κ3) is 14.0. The molecule has 4 unspecified atom stereocenters. The Morgan fingerprint density at radius 3 is 2.42 bits per heavy atom. The number of anilines is 4. The Kier molecular flexibility index (Phi) is 18.4. The number of aliphatic imine (C=N–C) groups is 2. The SMILES string of the molecule is C=CC(=O)Nc1cccc(N2C(=O)C=C(C)C3CN=C(Nc4ccc(N5CCN(CCCCCCCC(=O)NC(C(=O)N6CC(O)CC6C(=O)NCc6ccc(-c7scnc7C)cc6)C(C)(C)C)CC5)cc4OC)N=C32)c1. The highest BCUT2D eigenvalue weighted by molar-refractivity contribution is 7.13. The molecule has 4 aromatic rings. The average molecular weight is 1070 g/mol. The molecule has 0 radical (unpaired) electrons. The van der Waals surface area contributed by atoms with Crippen LogP contribution in [0.3, 0.4) is 0 Å². The van der Waals surface area contributed by atoms with Crippen molar-refractivity contribution in [2.45, 2.75) is 104 Å². The largest absolute Gasteiger partial charge is 0.494 e. The molecular formula is C58H73N11O7S. The van der Waals surface area contributed by atoms with E-state index in [1.807, 2.05) is 76.5 Å². The summed E-state index contributed by atoms with van der Waals surface area (Å²) in [5, 5.41) is 22.7. The van der Waals surface area contributed by atoms with E-state index in [0.29, 0.717) is 54.0 Å². The molecule has 2 saturated heterocycles.